The average Bonchev–Trinajstić information content (AvgIpc) is 3.51. The van der Waals surface area contributed by atoms with Crippen LogP contribution in [0.1, 0.15) is 30.4 Å². The normalized spacial score (nSPS) is 14.5. The van der Waals surface area contributed by atoms with E-state index in [1.807, 2.05) is 37.4 Å². The second kappa shape index (κ2) is 9.08. The van der Waals surface area contributed by atoms with E-state index in [1.54, 1.807) is 15.6 Å². The molecule has 1 aromatic heterocycles. The lowest BCUT2D eigenvalue weighted by Gasteiger charge is -2.25. The summed E-state index contributed by atoms with van der Waals surface area (Å²) in [7, 11) is -1.41. The quantitative estimate of drug-likeness (QED) is 0.429. The van der Waals surface area contributed by atoms with Gasteiger partial charge in [-0.2, -0.15) is 0 Å². The van der Waals surface area contributed by atoms with Gasteiger partial charge in [-0.3, -0.25) is 4.31 Å². The Balaban J connectivity index is 1.52. The predicted molar refractivity (Wildman–Crippen MR) is 128 cm³/mol. The molecule has 1 saturated carbocycles. The van der Waals surface area contributed by atoms with Crippen molar-refractivity contribution in [3.63, 3.8) is 0 Å². The molecule has 160 valence electrons. The lowest BCUT2D eigenvalue weighted by Crippen LogP contribution is -2.37. The lowest BCUT2D eigenvalue weighted by atomic mass is 10.2. The van der Waals surface area contributed by atoms with Gasteiger partial charge >= 0.3 is 0 Å². The van der Waals surface area contributed by atoms with Gasteiger partial charge in [-0.25, -0.2) is 8.42 Å². The minimum absolute atomic E-state index is 0.134. The summed E-state index contributed by atoms with van der Waals surface area (Å²) in [5, 5.41) is 2.05. The van der Waals surface area contributed by atoms with Crippen molar-refractivity contribution in [2.75, 3.05) is 30.2 Å². The Morgan fingerprint density at radius 3 is 2.40 bits per heavy atom. The van der Waals surface area contributed by atoms with Gasteiger partial charge < -0.3 is 4.90 Å². The molecule has 3 aromatic rings. The summed E-state index contributed by atoms with van der Waals surface area (Å²) in [4.78, 5) is 2.09. The second-order valence-electron chi connectivity index (χ2n) is 8.37. The molecule has 30 heavy (non-hydrogen) atoms. The monoisotopic (exact) mass is 442 g/mol. The Morgan fingerprint density at radius 1 is 1.00 bits per heavy atom. The van der Waals surface area contributed by atoms with Crippen LogP contribution in [0.25, 0.3) is 10.1 Å². The highest BCUT2D eigenvalue weighted by molar-refractivity contribution is 7.93. The zero-order chi connectivity index (χ0) is 21.1. The third-order valence-electron chi connectivity index (χ3n) is 5.84. The topological polar surface area (TPSA) is 40.6 Å². The van der Waals surface area contributed by atoms with Crippen LogP contribution < -0.4 is 4.31 Å². The summed E-state index contributed by atoms with van der Waals surface area (Å²) in [6.45, 7) is 3.90. The van der Waals surface area contributed by atoms with Gasteiger partial charge in [0.15, 0.2) is 0 Å². The molecule has 0 unspecified atom stereocenters. The number of benzene rings is 2. The summed E-state index contributed by atoms with van der Waals surface area (Å²) in [5.74, 6) is 0.826. The number of rotatable bonds is 10. The first kappa shape index (κ1) is 21.3. The van der Waals surface area contributed by atoms with Crippen molar-refractivity contribution in [1.29, 1.82) is 0 Å². The molecule has 0 aliphatic heterocycles. The molecule has 0 amide bonds. The highest BCUT2D eigenvalue weighted by atomic mass is 32.2. The summed E-state index contributed by atoms with van der Waals surface area (Å²) in [6, 6.07) is 18.4. The molecule has 4 rings (SSSR count). The maximum Gasteiger partial charge on any atom is 0.237 e. The van der Waals surface area contributed by atoms with Crippen molar-refractivity contribution in [3.05, 3.63) is 65.7 Å². The van der Waals surface area contributed by atoms with Crippen LogP contribution in [0.2, 0.25) is 0 Å². The Labute approximate surface area is 184 Å². The molecule has 4 nitrogen and oxygen atoms in total. The SMILES string of the molecule is Cc1c(N(CCC2CC2)S(=O)(=O)CCN(C)Cc2ccccc2)sc2ccccc12. The number of sulfonamides is 1. The number of hydrogen-bond donors (Lipinski definition) is 0. The van der Waals surface area contributed by atoms with E-state index in [-0.39, 0.29) is 5.75 Å². The third kappa shape index (κ3) is 5.05. The number of thiophene rings is 1. The van der Waals surface area contributed by atoms with Crippen molar-refractivity contribution in [2.45, 2.75) is 32.7 Å². The Hall–Kier alpha value is -1.89. The van der Waals surface area contributed by atoms with Gasteiger partial charge in [-0.15, -0.1) is 11.3 Å². The van der Waals surface area contributed by atoms with Crippen molar-refractivity contribution in [2.24, 2.45) is 5.92 Å². The van der Waals surface area contributed by atoms with Crippen LogP contribution in [0.5, 0.6) is 0 Å². The van der Waals surface area contributed by atoms with E-state index in [2.05, 4.69) is 36.1 Å². The van der Waals surface area contributed by atoms with E-state index in [1.165, 1.54) is 18.4 Å². The van der Waals surface area contributed by atoms with Gasteiger partial charge in [-0.1, -0.05) is 61.4 Å². The molecule has 0 saturated heterocycles. The summed E-state index contributed by atoms with van der Waals surface area (Å²) < 4.78 is 29.8. The van der Waals surface area contributed by atoms with Crippen molar-refractivity contribution in [1.82, 2.24) is 4.90 Å². The number of anilines is 1. The Morgan fingerprint density at radius 2 is 1.70 bits per heavy atom. The van der Waals surface area contributed by atoms with Gasteiger partial charge in [0.1, 0.15) is 5.00 Å². The van der Waals surface area contributed by atoms with E-state index in [0.717, 1.165) is 33.6 Å². The van der Waals surface area contributed by atoms with Crippen LogP contribution in [0.15, 0.2) is 54.6 Å². The maximum atomic E-state index is 13.5. The minimum atomic E-state index is -3.40. The molecule has 0 N–H and O–H groups in total. The second-order valence-corrected chi connectivity index (χ2v) is 11.4. The van der Waals surface area contributed by atoms with Crippen molar-refractivity contribution >= 4 is 36.4 Å². The predicted octanol–water partition coefficient (Wildman–Crippen LogP) is 5.28. The Bertz CT molecular complexity index is 1090. The first-order valence-corrected chi connectivity index (χ1v) is 13.1. The van der Waals surface area contributed by atoms with Gasteiger partial charge in [0, 0.05) is 24.3 Å². The molecular weight excluding hydrogens is 412 g/mol. The number of aryl methyl sites for hydroxylation is 1. The molecule has 2 aromatic carbocycles. The average molecular weight is 443 g/mol. The van der Waals surface area contributed by atoms with Gasteiger partial charge in [-0.05, 0) is 48.9 Å². The third-order valence-corrected chi connectivity index (χ3v) is 8.99. The molecule has 0 atom stereocenters. The molecule has 1 fully saturated rings. The van der Waals surface area contributed by atoms with Crippen LogP contribution in [0, 0.1) is 12.8 Å². The Kier molecular flexibility index (Phi) is 6.46. The fourth-order valence-electron chi connectivity index (χ4n) is 3.83. The van der Waals surface area contributed by atoms with E-state index >= 15 is 0 Å². The summed E-state index contributed by atoms with van der Waals surface area (Å²) in [6.07, 6.45) is 3.42. The summed E-state index contributed by atoms with van der Waals surface area (Å²) >= 11 is 1.60. The van der Waals surface area contributed by atoms with Crippen LogP contribution in [-0.2, 0) is 16.6 Å². The van der Waals surface area contributed by atoms with E-state index in [0.29, 0.717) is 19.0 Å². The van der Waals surface area contributed by atoms with Crippen LogP contribution in [-0.4, -0.2) is 39.2 Å². The largest absolute Gasteiger partial charge is 0.301 e. The van der Waals surface area contributed by atoms with Gasteiger partial charge in [0.2, 0.25) is 10.0 Å². The highest BCUT2D eigenvalue weighted by Crippen LogP contribution is 2.40. The first-order chi connectivity index (χ1) is 14.4. The minimum Gasteiger partial charge on any atom is -0.301 e. The number of hydrogen-bond acceptors (Lipinski definition) is 4. The molecule has 0 spiro atoms. The summed E-state index contributed by atoms with van der Waals surface area (Å²) in [5.41, 5.74) is 2.27. The van der Waals surface area contributed by atoms with Crippen LogP contribution >= 0.6 is 11.3 Å². The first-order valence-electron chi connectivity index (χ1n) is 10.6. The molecule has 1 aliphatic carbocycles. The standard InChI is InChI=1S/C24H30N2O2S2/c1-19-22-10-6-7-11-23(22)29-24(19)26(15-14-20-12-13-20)30(27,28)17-16-25(2)18-21-8-4-3-5-9-21/h3-11,20H,12-18H2,1-2H3. The zero-order valence-corrected chi connectivity index (χ0v) is 19.4. The van der Waals surface area contributed by atoms with Gasteiger partial charge in [0.25, 0.3) is 0 Å². The van der Waals surface area contributed by atoms with Gasteiger partial charge in [0.05, 0.1) is 5.75 Å². The number of nitrogens with zero attached hydrogens (tertiary/aromatic N) is 2. The molecule has 0 radical (unpaired) electrons. The zero-order valence-electron chi connectivity index (χ0n) is 17.8. The van der Waals surface area contributed by atoms with E-state index in [9.17, 15) is 8.42 Å². The smallest absolute Gasteiger partial charge is 0.237 e. The highest BCUT2D eigenvalue weighted by Gasteiger charge is 2.29. The molecule has 1 heterocycles. The van der Waals surface area contributed by atoms with Crippen molar-refractivity contribution < 1.29 is 8.42 Å². The van der Waals surface area contributed by atoms with E-state index in [4.69, 9.17) is 0 Å². The molecule has 6 heteroatoms. The molecular formula is C24H30N2O2S2. The van der Waals surface area contributed by atoms with Crippen molar-refractivity contribution in [3.8, 4) is 0 Å². The van der Waals surface area contributed by atoms with E-state index < -0.39 is 10.0 Å². The molecule has 0 bridgehead atoms. The lowest BCUT2D eigenvalue weighted by molar-refractivity contribution is 0.346. The van der Waals surface area contributed by atoms with Crippen LogP contribution in [0.4, 0.5) is 5.00 Å². The fraction of sp³-hybridized carbons (Fsp3) is 0.417. The van der Waals surface area contributed by atoms with Crippen LogP contribution in [0.3, 0.4) is 0 Å². The number of fused-ring (bicyclic) bond motifs is 1. The fourth-order valence-corrected chi connectivity index (χ4v) is 6.96. The maximum absolute atomic E-state index is 13.5. The molecule has 1 aliphatic rings.